The Labute approximate surface area is 219 Å². The summed E-state index contributed by atoms with van der Waals surface area (Å²) >= 11 is 0. The Morgan fingerprint density at radius 3 is 2.33 bits per heavy atom. The van der Waals surface area contributed by atoms with Crippen LogP contribution in [0.15, 0.2) is 18.2 Å². The van der Waals surface area contributed by atoms with Crippen molar-refractivity contribution in [2.45, 2.75) is 117 Å². The summed E-state index contributed by atoms with van der Waals surface area (Å²) in [6, 6.07) is 8.53. The molecule has 4 nitrogen and oxygen atoms in total. The molecule has 3 atom stereocenters. The predicted molar refractivity (Wildman–Crippen MR) is 149 cm³/mol. The molecule has 1 aromatic carbocycles. The second-order valence-corrected chi connectivity index (χ2v) is 18.8. The van der Waals surface area contributed by atoms with Gasteiger partial charge in [0.2, 0.25) is 0 Å². The largest absolute Gasteiger partial charge is 0.410 e. The van der Waals surface area contributed by atoms with Crippen molar-refractivity contribution in [3.63, 3.8) is 0 Å². The number of rotatable bonds is 3. The standard InChI is InChI=1S/C31H44N2O2Si/c1-18-22-14-20(31(8,9)17-32)12-13-21(22)28(34)26-19(2)25-23(33-27(18)26)15-30(6,7)16-24(25)35-36(10,11)29(3,4)5/h12-14,18,24,28,34H,15-16H2,1-11H3. The van der Waals surface area contributed by atoms with Crippen molar-refractivity contribution in [2.24, 2.45) is 5.41 Å². The van der Waals surface area contributed by atoms with Crippen LogP contribution in [0.1, 0.15) is 125 Å². The van der Waals surface area contributed by atoms with E-state index < -0.39 is 19.8 Å². The molecule has 0 spiro atoms. The molecule has 0 bridgehead atoms. The van der Waals surface area contributed by atoms with E-state index in [1.54, 1.807) is 0 Å². The molecule has 4 rings (SSSR count). The number of benzene rings is 1. The predicted octanol–water partition coefficient (Wildman–Crippen LogP) is 7.77. The Kier molecular flexibility index (Phi) is 6.39. The van der Waals surface area contributed by atoms with Crippen LogP contribution in [0.25, 0.3) is 0 Å². The summed E-state index contributed by atoms with van der Waals surface area (Å²) in [4.78, 5) is 5.31. The van der Waals surface area contributed by atoms with Crippen molar-refractivity contribution in [1.29, 1.82) is 5.26 Å². The number of aliphatic hydroxyl groups excluding tert-OH is 1. The maximum atomic E-state index is 11.7. The lowest BCUT2D eigenvalue weighted by atomic mass is 9.70. The van der Waals surface area contributed by atoms with Crippen molar-refractivity contribution >= 4 is 8.32 Å². The molecule has 2 aliphatic rings. The number of nitriles is 1. The summed E-state index contributed by atoms with van der Waals surface area (Å²) in [5.74, 6) is 0.0432. The highest BCUT2D eigenvalue weighted by molar-refractivity contribution is 6.74. The normalized spacial score (nSPS) is 23.4. The number of nitrogens with zero attached hydrogens (tertiary/aromatic N) is 2. The molecule has 36 heavy (non-hydrogen) atoms. The first-order valence-electron chi connectivity index (χ1n) is 13.3. The van der Waals surface area contributed by atoms with Gasteiger partial charge in [-0.05, 0) is 79.4 Å². The molecular formula is C31H44N2O2Si. The number of aromatic nitrogens is 1. The smallest absolute Gasteiger partial charge is 0.192 e. The minimum Gasteiger partial charge on any atom is -0.410 e. The minimum atomic E-state index is -2.01. The van der Waals surface area contributed by atoms with Crippen molar-refractivity contribution in [1.82, 2.24) is 4.98 Å². The first-order valence-corrected chi connectivity index (χ1v) is 16.3. The zero-order valence-corrected chi connectivity index (χ0v) is 25.1. The van der Waals surface area contributed by atoms with Crippen LogP contribution in [0.5, 0.6) is 0 Å². The molecule has 1 heterocycles. The first-order chi connectivity index (χ1) is 16.4. The Bertz CT molecular complexity index is 1250. The highest BCUT2D eigenvalue weighted by Crippen LogP contribution is 2.51. The fraction of sp³-hybridized carbons (Fsp3) is 0.613. The number of hydrogen-bond acceptors (Lipinski definition) is 4. The average molecular weight is 505 g/mol. The second-order valence-electron chi connectivity index (χ2n) is 14.0. The number of pyridine rings is 1. The topological polar surface area (TPSA) is 66.1 Å². The highest BCUT2D eigenvalue weighted by atomic mass is 28.4. The van der Waals surface area contributed by atoms with E-state index in [0.29, 0.717) is 0 Å². The maximum absolute atomic E-state index is 11.7. The van der Waals surface area contributed by atoms with Gasteiger partial charge >= 0.3 is 0 Å². The molecular weight excluding hydrogens is 460 g/mol. The van der Waals surface area contributed by atoms with E-state index in [2.05, 4.69) is 73.7 Å². The molecule has 194 valence electrons. The van der Waals surface area contributed by atoms with E-state index in [0.717, 1.165) is 52.0 Å². The van der Waals surface area contributed by atoms with Gasteiger partial charge in [0.05, 0.1) is 23.3 Å². The van der Waals surface area contributed by atoms with Gasteiger partial charge in [0.1, 0.15) is 6.10 Å². The second kappa shape index (κ2) is 8.51. The summed E-state index contributed by atoms with van der Waals surface area (Å²) in [6.07, 6.45) is 1.13. The molecule has 3 unspecified atom stereocenters. The van der Waals surface area contributed by atoms with E-state index in [1.807, 2.05) is 26.0 Å². The molecule has 1 aromatic heterocycles. The molecule has 2 aliphatic carbocycles. The first kappa shape index (κ1) is 27.0. The van der Waals surface area contributed by atoms with Crippen LogP contribution in [0.2, 0.25) is 18.1 Å². The van der Waals surface area contributed by atoms with E-state index in [9.17, 15) is 10.4 Å². The quantitative estimate of drug-likeness (QED) is 0.434. The van der Waals surface area contributed by atoms with Crippen LogP contribution in [0, 0.1) is 23.7 Å². The van der Waals surface area contributed by atoms with Crippen LogP contribution in [0.3, 0.4) is 0 Å². The number of aliphatic hydroxyl groups is 1. The Balaban J connectivity index is 1.88. The molecule has 0 saturated carbocycles. The van der Waals surface area contributed by atoms with Gasteiger partial charge in [0, 0.05) is 22.7 Å². The molecule has 0 saturated heterocycles. The summed E-state index contributed by atoms with van der Waals surface area (Å²) in [5, 5.41) is 21.5. The molecule has 2 aromatic rings. The number of hydrogen-bond donors (Lipinski definition) is 1. The molecule has 0 radical (unpaired) electrons. The SMILES string of the molecule is Cc1c2c(nc3c1C(O)c1ccc(C(C)(C)C#N)cc1C3C)CC(C)(C)CC2O[Si](C)(C)C(C)(C)C. The zero-order valence-electron chi connectivity index (χ0n) is 24.1. The van der Waals surface area contributed by atoms with Crippen LogP contribution < -0.4 is 0 Å². The Morgan fingerprint density at radius 1 is 1.11 bits per heavy atom. The van der Waals surface area contributed by atoms with Gasteiger partial charge in [-0.25, -0.2) is 0 Å². The molecule has 0 aliphatic heterocycles. The monoisotopic (exact) mass is 504 g/mol. The van der Waals surface area contributed by atoms with Gasteiger partial charge in [0.25, 0.3) is 0 Å². The lowest BCUT2D eigenvalue weighted by Crippen LogP contribution is -2.44. The summed E-state index contributed by atoms with van der Waals surface area (Å²) in [6.45, 7) is 24.4. The Hall–Kier alpha value is -2.00. The van der Waals surface area contributed by atoms with Gasteiger partial charge < -0.3 is 9.53 Å². The van der Waals surface area contributed by atoms with Crippen molar-refractivity contribution < 1.29 is 9.53 Å². The van der Waals surface area contributed by atoms with Gasteiger partial charge in [0.15, 0.2) is 8.32 Å². The van der Waals surface area contributed by atoms with E-state index in [1.165, 1.54) is 5.56 Å². The van der Waals surface area contributed by atoms with Gasteiger partial charge in [-0.2, -0.15) is 5.26 Å². The van der Waals surface area contributed by atoms with Crippen LogP contribution >= 0.6 is 0 Å². The average Bonchev–Trinajstić information content (AvgIpc) is 2.74. The maximum Gasteiger partial charge on any atom is 0.192 e. The van der Waals surface area contributed by atoms with E-state index >= 15 is 0 Å². The lowest BCUT2D eigenvalue weighted by molar-refractivity contribution is 0.104. The van der Waals surface area contributed by atoms with Crippen molar-refractivity contribution in [3.05, 3.63) is 63.0 Å². The van der Waals surface area contributed by atoms with Crippen LogP contribution in [-0.2, 0) is 16.3 Å². The summed E-state index contributed by atoms with van der Waals surface area (Å²) in [7, 11) is -2.01. The fourth-order valence-corrected chi connectivity index (χ4v) is 7.04. The third-order valence-electron chi connectivity index (χ3n) is 9.13. The van der Waals surface area contributed by atoms with Crippen molar-refractivity contribution in [2.75, 3.05) is 0 Å². The molecule has 5 heteroatoms. The molecule has 0 fully saturated rings. The summed E-state index contributed by atoms with van der Waals surface area (Å²) in [5.41, 5.74) is 7.88. The third kappa shape index (κ3) is 4.36. The fourth-order valence-electron chi connectivity index (χ4n) is 5.77. The lowest BCUT2D eigenvalue weighted by Gasteiger charge is -2.45. The summed E-state index contributed by atoms with van der Waals surface area (Å²) < 4.78 is 7.06. The van der Waals surface area contributed by atoms with Gasteiger partial charge in [-0.15, -0.1) is 0 Å². The highest BCUT2D eigenvalue weighted by Gasteiger charge is 2.45. The molecule has 1 N–H and O–H groups in total. The van der Waals surface area contributed by atoms with E-state index in [-0.39, 0.29) is 22.5 Å². The van der Waals surface area contributed by atoms with Crippen molar-refractivity contribution in [3.8, 4) is 6.07 Å². The Morgan fingerprint density at radius 2 is 1.75 bits per heavy atom. The third-order valence-corrected chi connectivity index (χ3v) is 13.6. The van der Waals surface area contributed by atoms with Gasteiger partial charge in [-0.3, -0.25) is 4.98 Å². The zero-order chi connectivity index (χ0) is 27.0. The van der Waals surface area contributed by atoms with Crippen LogP contribution in [-0.4, -0.2) is 18.4 Å². The number of fused-ring (bicyclic) bond motifs is 3. The van der Waals surface area contributed by atoms with E-state index in [4.69, 9.17) is 9.41 Å². The van der Waals surface area contributed by atoms with Crippen LogP contribution in [0.4, 0.5) is 0 Å². The molecule has 0 amide bonds. The minimum absolute atomic E-state index is 0.00912. The van der Waals surface area contributed by atoms with Gasteiger partial charge in [-0.1, -0.05) is 59.7 Å².